The Bertz CT molecular complexity index is 1650. The maximum atomic E-state index is 13.6. The van der Waals surface area contributed by atoms with Gasteiger partial charge in [0.15, 0.2) is 15.8 Å². The van der Waals surface area contributed by atoms with Crippen LogP contribution in [-0.2, 0) is 15.3 Å². The third kappa shape index (κ3) is 6.37. The molecule has 1 atom stereocenters. The van der Waals surface area contributed by atoms with Gasteiger partial charge in [-0.3, -0.25) is 14.5 Å². The number of carbonyl (C=O) groups excluding carboxylic acids is 2. The zero-order chi connectivity index (χ0) is 30.5. The minimum absolute atomic E-state index is 0.0662. The van der Waals surface area contributed by atoms with Gasteiger partial charge in [-0.05, 0) is 60.9 Å². The van der Waals surface area contributed by atoms with Gasteiger partial charge in [0.1, 0.15) is 11.5 Å². The Morgan fingerprint density at radius 1 is 0.977 bits per heavy atom. The molecular formula is C32H31N3O6S2. The molecule has 1 saturated heterocycles. The van der Waals surface area contributed by atoms with E-state index in [2.05, 4.69) is 34.5 Å². The van der Waals surface area contributed by atoms with E-state index < -0.39 is 17.7 Å². The van der Waals surface area contributed by atoms with E-state index in [1.165, 1.54) is 47.8 Å². The Hall–Kier alpha value is -4.35. The Labute approximate surface area is 258 Å². The highest BCUT2D eigenvalue weighted by molar-refractivity contribution is 8.00. The minimum Gasteiger partial charge on any atom is -0.507 e. The van der Waals surface area contributed by atoms with E-state index in [0.717, 1.165) is 12.0 Å². The number of rotatable bonds is 11. The number of aryl methyl sites for hydroxylation is 1. The van der Waals surface area contributed by atoms with Crippen LogP contribution in [0.25, 0.3) is 5.76 Å². The number of aliphatic hydroxyl groups is 1. The van der Waals surface area contributed by atoms with Crippen LogP contribution in [0.15, 0.2) is 76.6 Å². The second-order valence-corrected chi connectivity index (χ2v) is 12.0. The average molecular weight is 618 g/mol. The number of ether oxygens (including phenoxy) is 3. The van der Waals surface area contributed by atoms with Gasteiger partial charge in [-0.1, -0.05) is 65.9 Å². The van der Waals surface area contributed by atoms with Gasteiger partial charge in [-0.25, -0.2) is 0 Å². The summed E-state index contributed by atoms with van der Waals surface area (Å²) in [5.74, 6) is 0.264. The van der Waals surface area contributed by atoms with Crippen molar-refractivity contribution < 1.29 is 28.9 Å². The standard InChI is InChI=1S/C32H31N3O6S2/c1-5-16-41-23-13-10-21(11-14-23)28(36)26-27(22-12-15-24(39-3)25(17-22)40-4)35(30(38)29(26)37)31-33-34-32(43-31)42-18-20-8-6-19(2)7-9-20/h6-15,17,27,36H,5,16,18H2,1-4H3/b28-26-. The van der Waals surface area contributed by atoms with Crippen molar-refractivity contribution in [2.75, 3.05) is 25.7 Å². The maximum Gasteiger partial charge on any atom is 0.301 e. The van der Waals surface area contributed by atoms with E-state index in [4.69, 9.17) is 14.2 Å². The summed E-state index contributed by atoms with van der Waals surface area (Å²) in [4.78, 5) is 28.5. The number of Topliss-reactive ketones (excluding diaryl/α,β-unsaturated/α-hetero) is 1. The van der Waals surface area contributed by atoms with Gasteiger partial charge in [0, 0.05) is 11.3 Å². The van der Waals surface area contributed by atoms with Crippen LogP contribution in [0.2, 0.25) is 0 Å². The first-order valence-corrected chi connectivity index (χ1v) is 15.4. The summed E-state index contributed by atoms with van der Waals surface area (Å²) in [6.07, 6.45) is 0.855. The van der Waals surface area contributed by atoms with Crippen molar-refractivity contribution in [3.8, 4) is 17.2 Å². The van der Waals surface area contributed by atoms with Gasteiger partial charge in [-0.15, -0.1) is 10.2 Å². The fraction of sp³-hybridized carbons (Fsp3) is 0.250. The number of amides is 1. The molecule has 43 heavy (non-hydrogen) atoms. The first kappa shape index (κ1) is 30.1. The van der Waals surface area contributed by atoms with Crippen LogP contribution < -0.4 is 19.1 Å². The fourth-order valence-corrected chi connectivity index (χ4v) is 6.46. The summed E-state index contributed by atoms with van der Waals surface area (Å²) in [5, 5.41) is 20.3. The molecule has 1 fully saturated rings. The van der Waals surface area contributed by atoms with Crippen molar-refractivity contribution in [3.05, 3.63) is 94.6 Å². The highest BCUT2D eigenvalue weighted by Crippen LogP contribution is 2.45. The molecule has 2 heterocycles. The van der Waals surface area contributed by atoms with E-state index >= 15 is 0 Å². The van der Waals surface area contributed by atoms with Crippen LogP contribution in [0.1, 0.15) is 41.6 Å². The number of aromatic nitrogens is 2. The summed E-state index contributed by atoms with van der Waals surface area (Å²) in [5.41, 5.74) is 3.15. The number of anilines is 1. The van der Waals surface area contributed by atoms with Crippen LogP contribution in [0, 0.1) is 6.92 Å². The number of nitrogens with zero attached hydrogens (tertiary/aromatic N) is 3. The van der Waals surface area contributed by atoms with Gasteiger partial charge in [0.25, 0.3) is 5.78 Å². The maximum absolute atomic E-state index is 13.6. The molecule has 3 aromatic carbocycles. The van der Waals surface area contributed by atoms with E-state index in [1.807, 2.05) is 13.8 Å². The summed E-state index contributed by atoms with van der Waals surface area (Å²) in [7, 11) is 3.03. The van der Waals surface area contributed by atoms with Crippen molar-refractivity contribution >= 4 is 45.7 Å². The van der Waals surface area contributed by atoms with E-state index in [1.54, 1.807) is 42.5 Å². The van der Waals surface area contributed by atoms with Crippen molar-refractivity contribution in [3.63, 3.8) is 0 Å². The van der Waals surface area contributed by atoms with E-state index in [-0.39, 0.29) is 16.5 Å². The number of carbonyl (C=O) groups is 2. The average Bonchev–Trinajstić information content (AvgIpc) is 3.60. The highest BCUT2D eigenvalue weighted by atomic mass is 32.2. The molecule has 4 aromatic rings. The second-order valence-electron chi connectivity index (χ2n) is 9.78. The van der Waals surface area contributed by atoms with Crippen molar-refractivity contribution in [2.45, 2.75) is 36.4 Å². The molecule has 1 unspecified atom stereocenters. The minimum atomic E-state index is -0.987. The quantitative estimate of drug-likeness (QED) is 0.0657. The first-order valence-electron chi connectivity index (χ1n) is 13.6. The predicted octanol–water partition coefficient (Wildman–Crippen LogP) is 6.57. The highest BCUT2D eigenvalue weighted by Gasteiger charge is 2.48. The first-order chi connectivity index (χ1) is 20.8. The lowest BCUT2D eigenvalue weighted by Gasteiger charge is -2.23. The third-order valence-electron chi connectivity index (χ3n) is 6.85. The molecule has 0 radical (unpaired) electrons. The van der Waals surface area contributed by atoms with Gasteiger partial charge in [0.05, 0.1) is 32.4 Å². The van der Waals surface area contributed by atoms with Gasteiger partial charge in [0.2, 0.25) is 5.13 Å². The Morgan fingerprint density at radius 3 is 2.37 bits per heavy atom. The lowest BCUT2D eigenvalue weighted by molar-refractivity contribution is -0.132. The normalized spacial score (nSPS) is 16.0. The second kappa shape index (κ2) is 13.3. The number of ketones is 1. The third-order valence-corrected chi connectivity index (χ3v) is 8.98. The monoisotopic (exact) mass is 617 g/mol. The molecule has 5 rings (SSSR count). The molecule has 1 aliphatic rings. The number of benzene rings is 3. The van der Waals surface area contributed by atoms with Crippen molar-refractivity contribution in [2.24, 2.45) is 0 Å². The Morgan fingerprint density at radius 2 is 1.70 bits per heavy atom. The number of thioether (sulfide) groups is 1. The number of methoxy groups -OCH3 is 2. The van der Waals surface area contributed by atoms with Crippen LogP contribution in [0.5, 0.6) is 17.2 Å². The van der Waals surface area contributed by atoms with Crippen LogP contribution >= 0.6 is 23.1 Å². The molecule has 1 aromatic heterocycles. The smallest absolute Gasteiger partial charge is 0.301 e. The van der Waals surface area contributed by atoms with Gasteiger partial charge < -0.3 is 19.3 Å². The molecule has 1 amide bonds. The summed E-state index contributed by atoms with van der Waals surface area (Å²) >= 11 is 2.70. The van der Waals surface area contributed by atoms with Crippen molar-refractivity contribution in [1.82, 2.24) is 10.2 Å². The lowest BCUT2D eigenvalue weighted by atomic mass is 9.95. The van der Waals surface area contributed by atoms with Crippen LogP contribution in [0.3, 0.4) is 0 Å². The van der Waals surface area contributed by atoms with E-state index in [9.17, 15) is 14.7 Å². The molecule has 222 valence electrons. The molecule has 0 aliphatic carbocycles. The van der Waals surface area contributed by atoms with Gasteiger partial charge in [-0.2, -0.15) is 0 Å². The zero-order valence-electron chi connectivity index (χ0n) is 24.2. The summed E-state index contributed by atoms with van der Waals surface area (Å²) in [6.45, 7) is 4.61. The molecule has 0 bridgehead atoms. The Kier molecular flexibility index (Phi) is 9.32. The molecule has 0 saturated carbocycles. The number of aliphatic hydroxyl groups excluding tert-OH is 1. The Balaban J connectivity index is 1.54. The van der Waals surface area contributed by atoms with E-state index in [0.29, 0.717) is 45.1 Å². The van der Waals surface area contributed by atoms with Crippen LogP contribution in [-0.4, -0.2) is 47.8 Å². The molecular weight excluding hydrogens is 587 g/mol. The zero-order valence-corrected chi connectivity index (χ0v) is 25.8. The molecule has 11 heteroatoms. The fourth-order valence-electron chi connectivity index (χ4n) is 4.64. The van der Waals surface area contributed by atoms with Crippen molar-refractivity contribution in [1.29, 1.82) is 0 Å². The number of hydrogen-bond acceptors (Lipinski definition) is 10. The van der Waals surface area contributed by atoms with Crippen LogP contribution in [0.4, 0.5) is 5.13 Å². The molecule has 0 spiro atoms. The molecule has 1 aliphatic heterocycles. The summed E-state index contributed by atoms with van der Waals surface area (Å²) < 4.78 is 17.2. The predicted molar refractivity (Wildman–Crippen MR) is 167 cm³/mol. The molecule has 9 nitrogen and oxygen atoms in total. The number of hydrogen-bond donors (Lipinski definition) is 1. The molecule has 1 N–H and O–H groups in total. The lowest BCUT2D eigenvalue weighted by Crippen LogP contribution is -2.29. The topological polar surface area (TPSA) is 111 Å². The summed E-state index contributed by atoms with van der Waals surface area (Å²) in [6, 6.07) is 19.1. The largest absolute Gasteiger partial charge is 0.507 e. The van der Waals surface area contributed by atoms with Gasteiger partial charge >= 0.3 is 5.91 Å². The SMILES string of the molecule is CCCOc1ccc(/C(O)=C2/C(=O)C(=O)N(c3nnc(SCc4ccc(C)cc4)s3)C2c2ccc(OC)c(OC)c2)cc1.